The van der Waals surface area contributed by atoms with E-state index in [2.05, 4.69) is 11.5 Å². The van der Waals surface area contributed by atoms with E-state index in [4.69, 9.17) is 20.7 Å². The molecule has 0 radical (unpaired) electrons. The van der Waals surface area contributed by atoms with Gasteiger partial charge in [-0.25, -0.2) is 0 Å². The third kappa shape index (κ3) is 13.3. The first kappa shape index (κ1) is 19.5. The Balaban J connectivity index is 0. The lowest BCUT2D eigenvalue weighted by molar-refractivity contribution is -0.317. The van der Waals surface area contributed by atoms with Crippen molar-refractivity contribution >= 4 is 14.0 Å². The highest BCUT2D eigenvalue weighted by Gasteiger charge is 2.41. The van der Waals surface area contributed by atoms with Crippen LogP contribution in [-0.2, 0) is 4.57 Å². The Morgan fingerprint density at radius 2 is 1.78 bits per heavy atom. The van der Waals surface area contributed by atoms with Crippen LogP contribution < -0.4 is 16.4 Å². The van der Waals surface area contributed by atoms with Gasteiger partial charge in [-0.2, -0.15) is 0 Å². The van der Waals surface area contributed by atoms with E-state index in [0.717, 1.165) is 19.3 Å². The quantitative estimate of drug-likeness (QED) is 0.113. The summed E-state index contributed by atoms with van der Waals surface area (Å²) in [5.74, 6) is -3.44. The van der Waals surface area contributed by atoms with Crippen LogP contribution in [0.3, 0.4) is 0 Å². The Kier molecular flexibility index (Phi) is 11.0. The molecule has 108 valence electrons. The smallest absolute Gasteiger partial charge is 0.324 e. The van der Waals surface area contributed by atoms with Gasteiger partial charge in [-0.15, -0.1) is 0 Å². The van der Waals surface area contributed by atoms with Crippen LogP contribution in [0.15, 0.2) is 0 Å². The number of nitrogens with one attached hydrogen (secondary N) is 1. The van der Waals surface area contributed by atoms with Crippen molar-refractivity contribution in [3.63, 3.8) is 0 Å². The molecule has 0 aromatic rings. The second-order valence-corrected chi connectivity index (χ2v) is 4.99. The summed E-state index contributed by atoms with van der Waals surface area (Å²) in [6.07, 6.45) is 3.44. The highest BCUT2D eigenvalue weighted by molar-refractivity contribution is 7.37. The molecular formula is C9H22N3O5P. The number of guanidine groups is 1. The zero-order valence-electron chi connectivity index (χ0n) is 10.4. The number of rotatable bonds is 7. The molecule has 0 rings (SSSR count). The monoisotopic (exact) mass is 283 g/mol. The fourth-order valence-electron chi connectivity index (χ4n) is 1.20. The summed E-state index contributed by atoms with van der Waals surface area (Å²) < 4.78 is 10.6. The molecule has 0 spiro atoms. The number of nitrogens with two attached hydrogens (primary N) is 2. The molecule has 0 aliphatic heterocycles. The van der Waals surface area contributed by atoms with Crippen LogP contribution in [0.25, 0.3) is 0 Å². The van der Waals surface area contributed by atoms with Gasteiger partial charge < -0.3 is 31.7 Å². The minimum absolute atomic E-state index is 0.0716. The molecule has 0 bridgehead atoms. The lowest BCUT2D eigenvalue weighted by Crippen LogP contribution is -2.41. The van der Waals surface area contributed by atoms with Gasteiger partial charge in [0.1, 0.15) is 0 Å². The van der Waals surface area contributed by atoms with E-state index in [9.17, 15) is 9.46 Å². The number of hydrogen-bond donors (Lipinski definition) is 6. The van der Waals surface area contributed by atoms with Crippen molar-refractivity contribution in [1.82, 2.24) is 0 Å². The maximum absolute atomic E-state index is 10.6. The van der Waals surface area contributed by atoms with E-state index >= 15 is 0 Å². The molecule has 0 saturated heterocycles. The van der Waals surface area contributed by atoms with Crippen molar-refractivity contribution in [2.75, 3.05) is 0 Å². The summed E-state index contributed by atoms with van der Waals surface area (Å²) in [5.41, 5.74) is 7.45. The van der Waals surface area contributed by atoms with Crippen molar-refractivity contribution in [2.45, 2.75) is 50.7 Å². The van der Waals surface area contributed by atoms with Gasteiger partial charge >= 0.3 is 14.0 Å². The Hall–Kier alpha value is -0.790. The summed E-state index contributed by atoms with van der Waals surface area (Å²) >= 11 is 0. The number of unbranched alkanes of at least 4 members (excludes halogenated alkanes) is 3. The lowest BCUT2D eigenvalue weighted by Gasteiger charge is -2.18. The molecule has 2 atom stereocenters. The first-order chi connectivity index (χ1) is 8.12. The van der Waals surface area contributed by atoms with Crippen LogP contribution >= 0.6 is 8.03 Å². The molecule has 2 unspecified atom stereocenters. The van der Waals surface area contributed by atoms with E-state index in [1.54, 1.807) is 0 Å². The summed E-state index contributed by atoms with van der Waals surface area (Å²) in [4.78, 5) is 10.6. The maximum Gasteiger partial charge on any atom is 0.324 e. The summed E-state index contributed by atoms with van der Waals surface area (Å²) in [7, 11) is -3.02. The summed E-state index contributed by atoms with van der Waals surface area (Å²) in [6, 6.07) is 0. The molecule has 0 aliphatic carbocycles. The summed E-state index contributed by atoms with van der Waals surface area (Å²) in [6.45, 7) is 2.01. The molecule has 0 saturated carbocycles. The molecule has 8 nitrogen and oxygen atoms in total. The lowest BCUT2D eigenvalue weighted by atomic mass is 10.1. The molecule has 0 aromatic carbocycles. The average Bonchev–Trinajstić information content (AvgIpc) is 2.13. The fraction of sp³-hybridized carbons (Fsp3) is 0.889. The first-order valence-corrected chi connectivity index (χ1v) is 6.77. The third-order valence-electron chi connectivity index (χ3n) is 2.03. The molecule has 0 amide bonds. The Morgan fingerprint density at radius 3 is 2.06 bits per heavy atom. The van der Waals surface area contributed by atoms with Gasteiger partial charge in [0.25, 0.3) is 0 Å². The molecule has 0 heterocycles. The van der Waals surface area contributed by atoms with Crippen LogP contribution in [-0.4, -0.2) is 32.9 Å². The van der Waals surface area contributed by atoms with Crippen LogP contribution in [0.1, 0.15) is 39.0 Å². The second kappa shape index (κ2) is 10.2. The second-order valence-electron chi connectivity index (χ2n) is 3.79. The predicted octanol–water partition coefficient (Wildman–Crippen LogP) is -1.10. The van der Waals surface area contributed by atoms with Gasteiger partial charge in [-0.3, -0.25) is 5.41 Å². The van der Waals surface area contributed by atoms with E-state index in [-0.39, 0.29) is 12.4 Å². The average molecular weight is 283 g/mol. The largest absolute Gasteiger partial charge is 0.595 e. The summed E-state index contributed by atoms with van der Waals surface area (Å²) in [5, 5.41) is 32.3. The maximum atomic E-state index is 10.6. The van der Waals surface area contributed by atoms with Crippen molar-refractivity contribution in [3.8, 4) is 0 Å². The highest BCUT2D eigenvalue weighted by Crippen LogP contribution is 2.30. The molecule has 9 heteroatoms. The first-order valence-electron chi connectivity index (χ1n) is 5.53. The van der Waals surface area contributed by atoms with Gasteiger partial charge in [0, 0.05) is 6.42 Å². The number of hydrogen-bond acceptors (Lipinski definition) is 6. The predicted molar refractivity (Wildman–Crippen MR) is 65.6 cm³/mol. The van der Waals surface area contributed by atoms with Gasteiger partial charge in [0.15, 0.2) is 5.96 Å². The van der Waals surface area contributed by atoms with E-state index in [1.165, 1.54) is 0 Å². The van der Waals surface area contributed by atoms with Crippen LogP contribution in [0.2, 0.25) is 0 Å². The van der Waals surface area contributed by atoms with E-state index in [1.807, 2.05) is 6.92 Å². The molecular weight excluding hydrogens is 261 g/mol. The molecule has 18 heavy (non-hydrogen) atoms. The molecule has 8 N–H and O–H groups in total. The zero-order valence-corrected chi connectivity index (χ0v) is 11.3. The Bertz CT molecular complexity index is 253. The van der Waals surface area contributed by atoms with Gasteiger partial charge in [0.2, 0.25) is 5.66 Å². The Labute approximate surface area is 107 Å². The topological polar surface area (TPSA) is 177 Å². The Morgan fingerprint density at radius 1 is 1.33 bits per heavy atom. The zero-order chi connectivity index (χ0) is 14.8. The van der Waals surface area contributed by atoms with Crippen molar-refractivity contribution in [2.24, 2.45) is 11.5 Å². The SMILES string of the molecule is CCCCCCC([P+](=O)[O-])C(O)(O)O.N=C(N)N. The minimum atomic E-state index is -3.11. The standard InChI is InChI=1S/C8H17O5P.CH5N3/c1-2-3-4-5-6-7(14(12)13)8(9,10)11;2-1(3)4/h7,9-11H,2-6H2,1H3;(H5,2,3,4). The fourth-order valence-corrected chi connectivity index (χ4v) is 1.88. The van der Waals surface area contributed by atoms with Crippen molar-refractivity contribution < 1.29 is 24.8 Å². The van der Waals surface area contributed by atoms with Crippen molar-refractivity contribution in [1.29, 1.82) is 5.41 Å². The van der Waals surface area contributed by atoms with Crippen LogP contribution in [0.5, 0.6) is 0 Å². The third-order valence-corrected chi connectivity index (χ3v) is 3.15. The van der Waals surface area contributed by atoms with Gasteiger partial charge in [0.05, 0.1) is 0 Å². The van der Waals surface area contributed by atoms with E-state index in [0.29, 0.717) is 6.42 Å². The van der Waals surface area contributed by atoms with Crippen LogP contribution in [0, 0.1) is 5.41 Å². The van der Waals surface area contributed by atoms with Gasteiger partial charge in [-0.05, 0) is 6.42 Å². The van der Waals surface area contributed by atoms with Crippen molar-refractivity contribution in [3.05, 3.63) is 0 Å². The minimum Gasteiger partial charge on any atom is -0.595 e. The van der Waals surface area contributed by atoms with Crippen LogP contribution in [0.4, 0.5) is 0 Å². The number of aliphatic hydroxyl groups is 3. The molecule has 0 aromatic heterocycles. The highest BCUT2D eigenvalue weighted by atomic mass is 31.1. The van der Waals surface area contributed by atoms with E-state index < -0.39 is 19.7 Å². The molecule has 0 aliphatic rings. The normalized spacial score (nSPS) is 13.3. The van der Waals surface area contributed by atoms with Gasteiger partial charge in [-0.1, -0.05) is 30.8 Å². The molecule has 0 fully saturated rings.